The van der Waals surface area contributed by atoms with E-state index in [1.54, 1.807) is 66.1 Å². The van der Waals surface area contributed by atoms with E-state index in [-0.39, 0.29) is 62.1 Å². The van der Waals surface area contributed by atoms with Gasteiger partial charge < -0.3 is 53.9 Å². The number of ether oxygens (including phenoxy) is 5. The molecule has 4 heterocycles. The average molecular weight is 834 g/mol. The number of alkyl halides is 1. The number of carbonyl (C=O) groups is 3. The quantitative estimate of drug-likeness (QED) is 0.197. The van der Waals surface area contributed by atoms with Crippen molar-refractivity contribution in [3.05, 3.63) is 29.8 Å². The summed E-state index contributed by atoms with van der Waals surface area (Å²) in [5, 5.41) is 31.7. The highest BCUT2D eigenvalue weighted by Gasteiger charge is 2.57. The third kappa shape index (κ3) is 10.0. The zero-order chi connectivity index (χ0) is 43.6. The number of benzene rings is 1. The van der Waals surface area contributed by atoms with Gasteiger partial charge in [0.2, 0.25) is 0 Å². The molecule has 17 nitrogen and oxygen atoms in total. The van der Waals surface area contributed by atoms with Gasteiger partial charge in [0.05, 0.1) is 37.1 Å². The van der Waals surface area contributed by atoms with Gasteiger partial charge in [-0.25, -0.2) is 9.18 Å². The van der Waals surface area contributed by atoms with Gasteiger partial charge in [0.15, 0.2) is 12.1 Å². The van der Waals surface area contributed by atoms with E-state index >= 15 is 4.39 Å². The maximum absolute atomic E-state index is 16.8. The van der Waals surface area contributed by atoms with Crippen molar-refractivity contribution in [3.8, 4) is 11.5 Å². The number of fused-ring (bicyclic) bond motifs is 5. The van der Waals surface area contributed by atoms with Gasteiger partial charge in [0.1, 0.15) is 35.9 Å². The van der Waals surface area contributed by atoms with E-state index in [4.69, 9.17) is 38.8 Å². The molecule has 5 rings (SSSR count). The molecule has 59 heavy (non-hydrogen) atoms. The number of nitrogen functional groups attached to an aromatic ring is 1. The lowest BCUT2D eigenvalue weighted by molar-refractivity contribution is -0.296. The third-order valence-corrected chi connectivity index (χ3v) is 11.9. The second-order valence-electron chi connectivity index (χ2n) is 17.0. The van der Waals surface area contributed by atoms with Crippen LogP contribution in [0.15, 0.2) is 33.9 Å². The van der Waals surface area contributed by atoms with Crippen molar-refractivity contribution in [3.63, 3.8) is 0 Å². The highest BCUT2D eigenvalue weighted by molar-refractivity contribution is 6.08. The number of hydrogen-bond donors (Lipinski definition) is 3. The minimum atomic E-state index is -3.22. The number of rotatable bonds is 8. The molecular weight excluding hydrogens is 773 g/mol. The Morgan fingerprint density at radius 2 is 1.73 bits per heavy atom. The van der Waals surface area contributed by atoms with Gasteiger partial charge in [-0.1, -0.05) is 45.0 Å². The predicted molar refractivity (Wildman–Crippen MR) is 210 cm³/mol. The normalized spacial score (nSPS) is 38.7. The van der Waals surface area contributed by atoms with E-state index in [0.29, 0.717) is 12.0 Å². The number of aliphatic hydroxyl groups excluding tert-OH is 1. The molecule has 1 aromatic carbocycles. The molecule has 0 unspecified atom stereocenters. The van der Waals surface area contributed by atoms with E-state index in [0.717, 1.165) is 12.5 Å². The fraction of sp³-hybridized carbons (Fsp3) is 0.707. The van der Waals surface area contributed by atoms with Crippen LogP contribution < -0.4 is 5.73 Å². The highest BCUT2D eigenvalue weighted by atomic mass is 19.1. The Kier molecular flexibility index (Phi) is 14.4. The Labute approximate surface area is 344 Å². The third-order valence-electron chi connectivity index (χ3n) is 11.9. The summed E-state index contributed by atoms with van der Waals surface area (Å²) in [6.45, 7) is 11.3. The molecule has 0 spiro atoms. The van der Waals surface area contributed by atoms with Crippen molar-refractivity contribution in [2.24, 2.45) is 22.9 Å². The van der Waals surface area contributed by atoms with E-state index in [1.807, 2.05) is 11.8 Å². The number of aliphatic hydroxyl groups is 2. The van der Waals surface area contributed by atoms with E-state index < -0.39 is 83.1 Å². The Hall–Kier alpha value is -3.91. The summed E-state index contributed by atoms with van der Waals surface area (Å²) in [6, 6.07) is 6.64. The number of carbonyl (C=O) groups excluding carboxylic acids is 3. The van der Waals surface area contributed by atoms with Crippen LogP contribution in [0.2, 0.25) is 0 Å². The Bertz CT molecular complexity index is 1820. The molecule has 2 aromatic rings. The van der Waals surface area contributed by atoms with Crippen LogP contribution in [-0.2, 0) is 49.5 Å². The number of aromatic nitrogens is 2. The molecule has 3 saturated heterocycles. The van der Waals surface area contributed by atoms with Gasteiger partial charge in [-0.05, 0) is 83.9 Å². The van der Waals surface area contributed by atoms with Gasteiger partial charge in [0.25, 0.3) is 17.5 Å². The van der Waals surface area contributed by atoms with E-state index in [1.165, 1.54) is 13.8 Å². The first kappa shape index (κ1) is 46.2. The fourth-order valence-electron chi connectivity index (χ4n) is 8.50. The number of likely N-dealkylation sites (N-methyl/N-ethyl adjacent to an activating group) is 1. The number of esters is 1. The minimum absolute atomic E-state index is 0.00242. The van der Waals surface area contributed by atoms with Crippen molar-refractivity contribution in [2.75, 3.05) is 33.0 Å². The standard InChI is InChI=1S/C41H60FN5O12/c1-11-29-41(8,52)34-23(4)30(48)21(2)17-39(6,54-20-27(19-53-34)45-55-18-25-12-14-26(15-13-25)35-44-38(43)46-59-35)33(24(5)32(50)40(7,42)37(51)57-29)58-36-31(49)28(47(9)10)16-22(3)56-36/h12-15,21-24,28-29,31,33-34,36,49,52H,11,16-20H2,1-10H3,(H2,43,46)/b45-27+/t21-,22-,23+,24+,28+,29-,31-,33-,34+,36+,39-,40+,41-/m1/s1. The molecule has 4 N–H and O–H groups in total. The van der Waals surface area contributed by atoms with Crippen molar-refractivity contribution in [1.82, 2.24) is 15.0 Å². The summed E-state index contributed by atoms with van der Waals surface area (Å²) in [5.74, 6) is -6.05. The number of oxime groups is 1. The molecular formula is C41H60FN5O12. The van der Waals surface area contributed by atoms with Crippen molar-refractivity contribution >= 4 is 29.2 Å². The number of nitrogens with zero attached hydrogens (tertiary/aromatic N) is 4. The van der Waals surface area contributed by atoms with Gasteiger partial charge in [0, 0.05) is 29.4 Å². The minimum Gasteiger partial charge on any atom is -0.457 e. The second kappa shape index (κ2) is 18.4. The smallest absolute Gasteiger partial charge is 0.351 e. The SMILES string of the molecule is CC[C@H]1OC(=O)[C@@](C)(F)C(=O)[C@H](C)[C@@H](O[C@@H]2O[C@H](C)C[C@H](N(C)C)[C@H]2O)[C@@]2(C)C[C@@H](C)C(=O)[C@H](C)[C@H](OC/C(=N\OCc3ccc(-c4nc(N)no4)cc3)CO2)[C@]1(C)O. The molecule has 0 radical (unpaired) electrons. The molecule has 2 bridgehead atoms. The van der Waals surface area contributed by atoms with Crippen LogP contribution in [0.3, 0.4) is 0 Å². The molecule has 13 atom stereocenters. The first-order valence-corrected chi connectivity index (χ1v) is 20.1. The molecule has 3 aliphatic rings. The van der Waals surface area contributed by atoms with Gasteiger partial charge in [-0.15, -0.1) is 0 Å². The molecule has 3 fully saturated rings. The number of Topliss-reactive ketones (excluding diaryl/α,β-unsaturated/α-hetero) is 2. The first-order valence-electron chi connectivity index (χ1n) is 20.1. The van der Waals surface area contributed by atoms with Crippen LogP contribution in [0.4, 0.5) is 10.3 Å². The number of nitrogens with two attached hydrogens (primary N) is 1. The summed E-state index contributed by atoms with van der Waals surface area (Å²) >= 11 is 0. The van der Waals surface area contributed by atoms with Crippen molar-refractivity contribution in [2.45, 2.75) is 141 Å². The van der Waals surface area contributed by atoms with Crippen LogP contribution in [0.25, 0.3) is 11.5 Å². The predicted octanol–water partition coefficient (Wildman–Crippen LogP) is 3.43. The zero-order valence-corrected chi connectivity index (χ0v) is 35.5. The summed E-state index contributed by atoms with van der Waals surface area (Å²) in [6.07, 6.45) is -6.70. The molecule has 0 amide bonds. The van der Waals surface area contributed by atoms with Gasteiger partial charge in [-0.2, -0.15) is 4.98 Å². The van der Waals surface area contributed by atoms with Gasteiger partial charge >= 0.3 is 5.97 Å². The first-order chi connectivity index (χ1) is 27.6. The topological polar surface area (TPSA) is 228 Å². The summed E-state index contributed by atoms with van der Waals surface area (Å²) in [4.78, 5) is 54.0. The lowest BCUT2D eigenvalue weighted by atomic mass is 9.74. The Balaban J connectivity index is 1.59. The van der Waals surface area contributed by atoms with Crippen molar-refractivity contribution in [1.29, 1.82) is 0 Å². The Morgan fingerprint density at radius 3 is 2.34 bits per heavy atom. The maximum Gasteiger partial charge on any atom is 0.351 e. The van der Waals surface area contributed by atoms with Crippen LogP contribution in [0, 0.1) is 17.8 Å². The summed E-state index contributed by atoms with van der Waals surface area (Å²) in [7, 11) is 3.61. The van der Waals surface area contributed by atoms with Crippen LogP contribution in [0.1, 0.15) is 80.2 Å². The average Bonchev–Trinajstić information content (AvgIpc) is 3.62. The van der Waals surface area contributed by atoms with Gasteiger partial charge in [-0.3, -0.25) is 9.59 Å². The molecule has 328 valence electrons. The number of halogens is 1. The summed E-state index contributed by atoms with van der Waals surface area (Å²) < 4.78 is 53.2. The molecule has 0 saturated carbocycles. The van der Waals surface area contributed by atoms with Crippen LogP contribution >= 0.6 is 0 Å². The molecule has 1 aromatic heterocycles. The van der Waals surface area contributed by atoms with E-state index in [2.05, 4.69) is 15.3 Å². The number of cyclic esters (lactones) is 1. The largest absolute Gasteiger partial charge is 0.457 e. The molecule has 3 aliphatic heterocycles. The lowest BCUT2D eigenvalue weighted by Crippen LogP contribution is -2.61. The molecule has 18 heteroatoms. The van der Waals surface area contributed by atoms with E-state index in [9.17, 15) is 24.6 Å². The Morgan fingerprint density at radius 1 is 1.05 bits per heavy atom. The fourth-order valence-corrected chi connectivity index (χ4v) is 8.50. The maximum atomic E-state index is 16.8. The monoisotopic (exact) mass is 833 g/mol. The van der Waals surface area contributed by atoms with Crippen molar-refractivity contribution < 1.29 is 62.0 Å². The highest BCUT2D eigenvalue weighted by Crippen LogP contribution is 2.40. The summed E-state index contributed by atoms with van der Waals surface area (Å²) in [5.41, 5.74) is 0.230. The second-order valence-corrected chi connectivity index (χ2v) is 17.0. The van der Waals surface area contributed by atoms with Crippen LogP contribution in [0.5, 0.6) is 0 Å². The molecule has 0 aliphatic carbocycles. The van der Waals surface area contributed by atoms with Crippen LogP contribution in [-0.4, -0.2) is 136 Å². The lowest BCUT2D eigenvalue weighted by Gasteiger charge is -2.47. The zero-order valence-electron chi connectivity index (χ0n) is 35.5. The number of ketones is 2. The number of anilines is 1. The number of hydrogen-bond acceptors (Lipinski definition) is 17.